The standard InChI is InChI=1S/C17H32N2O2/c1-4-10-18-17(16(20)21-3)9-6-15(13-17)19-11-7-14(5-2)8-12-19/h14-15,18H,4-13H2,1-3H3. The third kappa shape index (κ3) is 3.78. The fourth-order valence-electron chi connectivity index (χ4n) is 4.04. The van der Waals surface area contributed by atoms with E-state index in [-0.39, 0.29) is 5.97 Å². The number of carbonyl (C=O) groups excluding carboxylic acids is 1. The minimum absolute atomic E-state index is 0.0677. The summed E-state index contributed by atoms with van der Waals surface area (Å²) in [4.78, 5) is 14.9. The van der Waals surface area contributed by atoms with Gasteiger partial charge in [0.2, 0.25) is 0 Å². The van der Waals surface area contributed by atoms with Crippen LogP contribution in [0.2, 0.25) is 0 Å². The molecule has 0 aromatic heterocycles. The molecule has 2 fully saturated rings. The van der Waals surface area contributed by atoms with Crippen LogP contribution in [-0.2, 0) is 9.53 Å². The average Bonchev–Trinajstić information content (AvgIpc) is 2.98. The highest BCUT2D eigenvalue weighted by molar-refractivity contribution is 5.81. The number of esters is 1. The summed E-state index contributed by atoms with van der Waals surface area (Å²) >= 11 is 0. The van der Waals surface area contributed by atoms with Gasteiger partial charge in [-0.1, -0.05) is 20.3 Å². The normalized spacial score (nSPS) is 31.5. The topological polar surface area (TPSA) is 41.6 Å². The molecule has 4 nitrogen and oxygen atoms in total. The Bertz CT molecular complexity index is 340. The fraction of sp³-hybridized carbons (Fsp3) is 0.941. The van der Waals surface area contributed by atoms with Crippen LogP contribution in [0.5, 0.6) is 0 Å². The van der Waals surface area contributed by atoms with Crippen LogP contribution in [0, 0.1) is 5.92 Å². The lowest BCUT2D eigenvalue weighted by atomic mass is 9.92. The molecule has 0 aromatic rings. The van der Waals surface area contributed by atoms with Gasteiger partial charge >= 0.3 is 5.97 Å². The van der Waals surface area contributed by atoms with Crippen molar-refractivity contribution in [1.29, 1.82) is 0 Å². The average molecular weight is 296 g/mol. The zero-order valence-electron chi connectivity index (χ0n) is 14.0. The number of hydrogen-bond acceptors (Lipinski definition) is 4. The second kappa shape index (κ2) is 7.59. The monoisotopic (exact) mass is 296 g/mol. The number of nitrogens with one attached hydrogen (secondary N) is 1. The molecule has 2 atom stereocenters. The molecule has 1 saturated heterocycles. The van der Waals surface area contributed by atoms with Crippen LogP contribution in [0.25, 0.3) is 0 Å². The molecule has 2 unspecified atom stereocenters. The van der Waals surface area contributed by atoms with Crippen LogP contribution < -0.4 is 5.32 Å². The molecule has 1 aliphatic heterocycles. The second-order valence-corrected chi connectivity index (χ2v) is 6.78. The predicted molar refractivity (Wildman–Crippen MR) is 85.3 cm³/mol. The highest BCUT2D eigenvalue weighted by Gasteiger charge is 2.47. The van der Waals surface area contributed by atoms with Crippen LogP contribution in [0.4, 0.5) is 0 Å². The molecule has 4 heteroatoms. The maximum absolute atomic E-state index is 12.3. The molecule has 0 radical (unpaired) electrons. The Morgan fingerprint density at radius 1 is 1.29 bits per heavy atom. The molecule has 0 aromatic carbocycles. The molecule has 1 heterocycles. The lowest BCUT2D eigenvalue weighted by Crippen LogP contribution is -2.52. The van der Waals surface area contributed by atoms with E-state index in [0.29, 0.717) is 6.04 Å². The summed E-state index contributed by atoms with van der Waals surface area (Å²) in [5, 5.41) is 3.48. The summed E-state index contributed by atoms with van der Waals surface area (Å²) in [6.07, 6.45) is 7.94. The van der Waals surface area contributed by atoms with Crippen molar-refractivity contribution in [2.75, 3.05) is 26.7 Å². The number of piperidine rings is 1. The van der Waals surface area contributed by atoms with Crippen molar-refractivity contribution in [3.05, 3.63) is 0 Å². The zero-order valence-corrected chi connectivity index (χ0v) is 14.0. The largest absolute Gasteiger partial charge is 0.468 e. The summed E-state index contributed by atoms with van der Waals surface area (Å²) in [6, 6.07) is 0.547. The molecule has 0 spiro atoms. The minimum atomic E-state index is -0.434. The summed E-state index contributed by atoms with van der Waals surface area (Å²) in [7, 11) is 1.51. The Kier molecular flexibility index (Phi) is 6.06. The highest BCUT2D eigenvalue weighted by atomic mass is 16.5. The van der Waals surface area contributed by atoms with Gasteiger partial charge in [-0.3, -0.25) is 4.79 Å². The van der Waals surface area contributed by atoms with Gasteiger partial charge in [-0.05, 0) is 64.1 Å². The van der Waals surface area contributed by atoms with Gasteiger partial charge in [-0.2, -0.15) is 0 Å². The summed E-state index contributed by atoms with van der Waals surface area (Å²) < 4.78 is 5.08. The molecule has 2 aliphatic rings. The Labute approximate surface area is 129 Å². The maximum atomic E-state index is 12.3. The molecule has 1 saturated carbocycles. The first-order valence-corrected chi connectivity index (χ1v) is 8.72. The Morgan fingerprint density at radius 3 is 2.57 bits per heavy atom. The Hall–Kier alpha value is -0.610. The van der Waals surface area contributed by atoms with Crippen LogP contribution in [0.15, 0.2) is 0 Å². The zero-order chi connectivity index (χ0) is 15.3. The molecular formula is C17H32N2O2. The van der Waals surface area contributed by atoms with E-state index in [0.717, 1.165) is 38.1 Å². The number of ether oxygens (including phenoxy) is 1. The van der Waals surface area contributed by atoms with Crippen LogP contribution in [-0.4, -0.2) is 49.2 Å². The summed E-state index contributed by atoms with van der Waals surface area (Å²) in [6.45, 7) is 7.73. The van der Waals surface area contributed by atoms with Crippen LogP contribution >= 0.6 is 0 Å². The van der Waals surface area contributed by atoms with Crippen molar-refractivity contribution in [3.63, 3.8) is 0 Å². The SMILES string of the molecule is CCCNC1(C(=O)OC)CCC(N2CCC(CC)CC2)C1. The van der Waals surface area contributed by atoms with Crippen molar-refractivity contribution in [2.45, 2.75) is 70.4 Å². The van der Waals surface area contributed by atoms with Crippen molar-refractivity contribution in [2.24, 2.45) is 5.92 Å². The van der Waals surface area contributed by atoms with Crippen molar-refractivity contribution in [3.8, 4) is 0 Å². The van der Waals surface area contributed by atoms with E-state index in [1.54, 1.807) is 0 Å². The maximum Gasteiger partial charge on any atom is 0.326 e. The van der Waals surface area contributed by atoms with Gasteiger partial charge in [0.05, 0.1) is 7.11 Å². The van der Waals surface area contributed by atoms with E-state index in [1.807, 2.05) is 0 Å². The third-order valence-electron chi connectivity index (χ3n) is 5.52. The predicted octanol–water partition coefficient (Wildman–Crippen LogP) is 2.57. The first-order chi connectivity index (χ1) is 10.1. The summed E-state index contributed by atoms with van der Waals surface area (Å²) in [5.41, 5.74) is -0.434. The number of nitrogens with zero attached hydrogens (tertiary/aromatic N) is 1. The number of methoxy groups -OCH3 is 1. The molecular weight excluding hydrogens is 264 g/mol. The lowest BCUT2D eigenvalue weighted by molar-refractivity contribution is -0.148. The Balaban J connectivity index is 1.94. The van der Waals surface area contributed by atoms with Gasteiger partial charge in [0.1, 0.15) is 5.54 Å². The quantitative estimate of drug-likeness (QED) is 0.765. The first kappa shape index (κ1) is 16.8. The van der Waals surface area contributed by atoms with Crippen LogP contribution in [0.3, 0.4) is 0 Å². The van der Waals surface area contributed by atoms with Crippen molar-refractivity contribution >= 4 is 5.97 Å². The van der Waals surface area contributed by atoms with E-state index in [1.165, 1.54) is 39.5 Å². The van der Waals surface area contributed by atoms with Crippen molar-refractivity contribution < 1.29 is 9.53 Å². The third-order valence-corrected chi connectivity index (χ3v) is 5.52. The highest BCUT2D eigenvalue weighted by Crippen LogP contribution is 2.36. The van der Waals surface area contributed by atoms with Gasteiger partial charge < -0.3 is 15.0 Å². The Morgan fingerprint density at radius 2 is 2.00 bits per heavy atom. The van der Waals surface area contributed by atoms with E-state index >= 15 is 0 Å². The molecule has 2 rings (SSSR count). The minimum Gasteiger partial charge on any atom is -0.468 e. The lowest BCUT2D eigenvalue weighted by Gasteiger charge is -2.36. The van der Waals surface area contributed by atoms with Crippen molar-refractivity contribution in [1.82, 2.24) is 10.2 Å². The van der Waals surface area contributed by atoms with Gasteiger partial charge in [0.15, 0.2) is 0 Å². The van der Waals surface area contributed by atoms with Crippen LogP contribution in [0.1, 0.15) is 58.8 Å². The van der Waals surface area contributed by atoms with E-state index in [9.17, 15) is 4.79 Å². The molecule has 21 heavy (non-hydrogen) atoms. The number of carbonyl (C=O) groups is 1. The van der Waals surface area contributed by atoms with Gasteiger partial charge in [-0.25, -0.2) is 0 Å². The number of hydrogen-bond donors (Lipinski definition) is 1. The number of rotatable bonds is 6. The molecule has 1 N–H and O–H groups in total. The van der Waals surface area contributed by atoms with E-state index < -0.39 is 5.54 Å². The first-order valence-electron chi connectivity index (χ1n) is 8.72. The van der Waals surface area contributed by atoms with E-state index in [2.05, 4.69) is 24.1 Å². The van der Waals surface area contributed by atoms with E-state index in [4.69, 9.17) is 4.74 Å². The second-order valence-electron chi connectivity index (χ2n) is 6.78. The van der Waals surface area contributed by atoms with Gasteiger partial charge in [0.25, 0.3) is 0 Å². The van der Waals surface area contributed by atoms with Gasteiger partial charge in [0, 0.05) is 6.04 Å². The fourth-order valence-corrected chi connectivity index (χ4v) is 4.04. The molecule has 1 aliphatic carbocycles. The molecule has 0 bridgehead atoms. The smallest absolute Gasteiger partial charge is 0.326 e. The number of likely N-dealkylation sites (tertiary alicyclic amines) is 1. The molecule has 122 valence electrons. The summed E-state index contributed by atoms with van der Waals surface area (Å²) in [5.74, 6) is 0.841. The molecule has 0 amide bonds. The van der Waals surface area contributed by atoms with Gasteiger partial charge in [-0.15, -0.1) is 0 Å².